The van der Waals surface area contributed by atoms with Crippen LogP contribution in [0.3, 0.4) is 0 Å². The van der Waals surface area contributed by atoms with Gasteiger partial charge in [-0.25, -0.2) is 0 Å². The lowest BCUT2D eigenvalue weighted by Crippen LogP contribution is -2.46. The summed E-state index contributed by atoms with van der Waals surface area (Å²) in [7, 11) is 0. The van der Waals surface area contributed by atoms with Crippen LogP contribution in [0.5, 0.6) is 0 Å². The summed E-state index contributed by atoms with van der Waals surface area (Å²) >= 11 is 0. The number of carbonyl (C=O) groups excluding carboxylic acids is 2. The van der Waals surface area contributed by atoms with Crippen molar-refractivity contribution in [3.05, 3.63) is 95.4 Å². The van der Waals surface area contributed by atoms with E-state index in [1.807, 2.05) is 68.4 Å². The molecule has 0 fully saturated rings. The third-order valence-electron chi connectivity index (χ3n) is 6.50. The first kappa shape index (κ1) is 26.3. The summed E-state index contributed by atoms with van der Waals surface area (Å²) < 4.78 is 5.52. The highest BCUT2D eigenvalue weighted by atomic mass is 16.3. The van der Waals surface area contributed by atoms with E-state index in [1.165, 1.54) is 11.1 Å². The molecule has 2 aromatic carbocycles. The Morgan fingerprint density at radius 1 is 0.886 bits per heavy atom. The zero-order chi connectivity index (χ0) is 25.0. The van der Waals surface area contributed by atoms with Gasteiger partial charge in [0.25, 0.3) is 5.91 Å². The van der Waals surface area contributed by atoms with E-state index < -0.39 is 0 Å². The number of rotatable bonds is 13. The van der Waals surface area contributed by atoms with Crippen LogP contribution in [0.25, 0.3) is 0 Å². The minimum atomic E-state index is -0.101. The van der Waals surface area contributed by atoms with Gasteiger partial charge in [0, 0.05) is 18.2 Å². The smallest absolute Gasteiger partial charge is 0.254 e. The highest BCUT2D eigenvalue weighted by Gasteiger charge is 2.26. The van der Waals surface area contributed by atoms with Crippen LogP contribution in [0.2, 0.25) is 0 Å². The zero-order valence-electron chi connectivity index (χ0n) is 21.3. The molecule has 3 aromatic rings. The molecule has 0 N–H and O–H groups in total. The second-order valence-electron chi connectivity index (χ2n) is 9.12. The van der Waals surface area contributed by atoms with Gasteiger partial charge in [-0.1, -0.05) is 62.7 Å². The Labute approximate surface area is 209 Å². The van der Waals surface area contributed by atoms with Gasteiger partial charge in [-0.05, 0) is 68.0 Å². The third-order valence-corrected chi connectivity index (χ3v) is 6.50. The highest BCUT2D eigenvalue weighted by Crippen LogP contribution is 2.15. The Hall–Kier alpha value is -3.34. The molecule has 3 rings (SSSR count). The van der Waals surface area contributed by atoms with Crippen LogP contribution in [0.1, 0.15) is 67.3 Å². The first-order valence-corrected chi connectivity index (χ1v) is 12.8. The molecule has 2 amide bonds. The molecule has 1 unspecified atom stereocenters. The number of aryl methyl sites for hydroxylation is 1. The standard InChI is InChI=1S/C30H38N2O3/c1-4-6-11-26-15-17-27(18-16-26)30(34)32(24(3)5-2)23-29(33)31(22-28-14-10-21-35-28)20-19-25-12-8-7-9-13-25/h7-10,12-18,21,24H,4-6,11,19-20,22-23H2,1-3H3. The van der Waals surface area contributed by atoms with Gasteiger partial charge in [-0.2, -0.15) is 0 Å². The Morgan fingerprint density at radius 3 is 2.23 bits per heavy atom. The first-order chi connectivity index (χ1) is 17.0. The minimum absolute atomic E-state index is 0.0426. The van der Waals surface area contributed by atoms with Gasteiger partial charge in [0.1, 0.15) is 12.3 Å². The summed E-state index contributed by atoms with van der Waals surface area (Å²) in [6.07, 6.45) is 6.42. The summed E-state index contributed by atoms with van der Waals surface area (Å²) in [4.78, 5) is 30.5. The number of benzene rings is 2. The maximum absolute atomic E-state index is 13.5. The van der Waals surface area contributed by atoms with E-state index in [0.717, 1.165) is 37.9 Å². The highest BCUT2D eigenvalue weighted by molar-refractivity contribution is 5.96. The SMILES string of the molecule is CCCCc1ccc(C(=O)N(CC(=O)N(CCc2ccccc2)Cc2ccco2)C(C)CC)cc1. The minimum Gasteiger partial charge on any atom is -0.467 e. The number of amides is 2. The Bertz CT molecular complexity index is 1030. The van der Waals surface area contributed by atoms with E-state index in [1.54, 1.807) is 16.1 Å². The van der Waals surface area contributed by atoms with E-state index in [4.69, 9.17) is 4.42 Å². The first-order valence-electron chi connectivity index (χ1n) is 12.8. The van der Waals surface area contributed by atoms with Crippen LogP contribution in [0, 0.1) is 0 Å². The van der Waals surface area contributed by atoms with Gasteiger partial charge in [0.15, 0.2) is 0 Å². The zero-order valence-corrected chi connectivity index (χ0v) is 21.3. The normalized spacial score (nSPS) is 11.7. The fraction of sp³-hybridized carbons (Fsp3) is 0.400. The number of nitrogens with zero attached hydrogens (tertiary/aromatic N) is 2. The fourth-order valence-corrected chi connectivity index (χ4v) is 4.05. The van der Waals surface area contributed by atoms with E-state index >= 15 is 0 Å². The molecule has 1 aromatic heterocycles. The molecular formula is C30H38N2O3. The van der Waals surface area contributed by atoms with E-state index in [0.29, 0.717) is 18.7 Å². The van der Waals surface area contributed by atoms with Crippen molar-refractivity contribution >= 4 is 11.8 Å². The van der Waals surface area contributed by atoms with Crippen molar-refractivity contribution in [1.82, 2.24) is 9.80 Å². The van der Waals surface area contributed by atoms with Crippen molar-refractivity contribution in [1.29, 1.82) is 0 Å². The van der Waals surface area contributed by atoms with Crippen molar-refractivity contribution in [2.24, 2.45) is 0 Å². The topological polar surface area (TPSA) is 53.8 Å². The Kier molecular flexibility index (Phi) is 10.1. The summed E-state index contributed by atoms with van der Waals surface area (Å²) in [6.45, 7) is 7.20. The van der Waals surface area contributed by atoms with Crippen LogP contribution >= 0.6 is 0 Å². The molecule has 0 saturated heterocycles. The molecule has 0 saturated carbocycles. The second-order valence-corrected chi connectivity index (χ2v) is 9.12. The molecule has 1 heterocycles. The van der Waals surface area contributed by atoms with Crippen molar-refractivity contribution in [3.8, 4) is 0 Å². The van der Waals surface area contributed by atoms with Crippen molar-refractivity contribution in [2.75, 3.05) is 13.1 Å². The lowest BCUT2D eigenvalue weighted by Gasteiger charge is -2.31. The second kappa shape index (κ2) is 13.5. The molecular weight excluding hydrogens is 436 g/mol. The number of unbranched alkanes of at least 4 members (excludes halogenated alkanes) is 1. The van der Waals surface area contributed by atoms with E-state index in [-0.39, 0.29) is 24.4 Å². The lowest BCUT2D eigenvalue weighted by atomic mass is 10.0. The van der Waals surface area contributed by atoms with Crippen molar-refractivity contribution < 1.29 is 14.0 Å². The molecule has 35 heavy (non-hydrogen) atoms. The van der Waals surface area contributed by atoms with Gasteiger partial charge in [-0.3, -0.25) is 9.59 Å². The van der Waals surface area contributed by atoms with Crippen LogP contribution in [-0.2, 0) is 24.2 Å². The predicted octanol–water partition coefficient (Wildman–Crippen LogP) is 6.13. The molecule has 0 radical (unpaired) electrons. The quantitative estimate of drug-likeness (QED) is 0.299. The third kappa shape index (κ3) is 7.84. The molecule has 0 aliphatic heterocycles. The molecule has 0 spiro atoms. The Morgan fingerprint density at radius 2 is 1.60 bits per heavy atom. The largest absolute Gasteiger partial charge is 0.467 e. The maximum Gasteiger partial charge on any atom is 0.254 e. The van der Waals surface area contributed by atoms with E-state index in [9.17, 15) is 9.59 Å². The average Bonchev–Trinajstić information content (AvgIpc) is 3.41. The van der Waals surface area contributed by atoms with Crippen molar-refractivity contribution in [3.63, 3.8) is 0 Å². The number of hydrogen-bond donors (Lipinski definition) is 0. The number of carbonyl (C=O) groups is 2. The molecule has 0 bridgehead atoms. The van der Waals surface area contributed by atoms with Gasteiger partial charge in [0.2, 0.25) is 5.91 Å². The van der Waals surface area contributed by atoms with E-state index in [2.05, 4.69) is 19.1 Å². The monoisotopic (exact) mass is 474 g/mol. The molecule has 0 aliphatic carbocycles. The van der Waals surface area contributed by atoms with Crippen LogP contribution in [0.4, 0.5) is 0 Å². The molecule has 5 nitrogen and oxygen atoms in total. The van der Waals surface area contributed by atoms with Crippen molar-refractivity contribution in [2.45, 2.75) is 65.5 Å². The summed E-state index contributed by atoms with van der Waals surface area (Å²) in [5.41, 5.74) is 3.03. The van der Waals surface area contributed by atoms with Crippen LogP contribution in [-0.4, -0.2) is 40.7 Å². The van der Waals surface area contributed by atoms with Crippen LogP contribution < -0.4 is 0 Å². The van der Waals surface area contributed by atoms with Gasteiger partial charge in [0.05, 0.1) is 12.8 Å². The molecule has 1 atom stereocenters. The number of furan rings is 1. The Balaban J connectivity index is 1.74. The summed E-state index contributed by atoms with van der Waals surface area (Å²) in [5.74, 6) is 0.553. The molecule has 5 heteroatoms. The average molecular weight is 475 g/mol. The fourth-order valence-electron chi connectivity index (χ4n) is 4.05. The van der Waals surface area contributed by atoms with Gasteiger partial charge < -0.3 is 14.2 Å². The molecule has 0 aliphatic rings. The van der Waals surface area contributed by atoms with Gasteiger partial charge >= 0.3 is 0 Å². The number of hydrogen-bond acceptors (Lipinski definition) is 3. The summed E-state index contributed by atoms with van der Waals surface area (Å²) in [6, 6.07) is 21.6. The predicted molar refractivity (Wildman–Crippen MR) is 140 cm³/mol. The maximum atomic E-state index is 13.5. The van der Waals surface area contributed by atoms with Gasteiger partial charge in [-0.15, -0.1) is 0 Å². The van der Waals surface area contributed by atoms with Crippen LogP contribution in [0.15, 0.2) is 77.4 Å². The lowest BCUT2D eigenvalue weighted by molar-refractivity contribution is -0.133. The molecule has 186 valence electrons. The summed E-state index contributed by atoms with van der Waals surface area (Å²) in [5, 5.41) is 0.